The van der Waals surface area contributed by atoms with E-state index in [4.69, 9.17) is 14.2 Å². The maximum Gasteiger partial charge on any atom is 0.306 e. The van der Waals surface area contributed by atoms with Gasteiger partial charge in [0.25, 0.3) is 0 Å². The van der Waals surface area contributed by atoms with E-state index in [-0.39, 0.29) is 44.0 Å². The molecule has 0 saturated carbocycles. The lowest BCUT2D eigenvalue weighted by Crippen LogP contribution is -2.30. The SMILES string of the molecule is CC/C=C\C/C=C\C/C=C\C/C=C\C/C=C\C/C=C\C/C=C\C/C=C\CCCCC(=O)OCC(COC(=O)CC/C=C\C/C=C\C/C=C\C/C=C\CC)OC(=O)CCCCCCCCCCCCCCCCCCCCCC. The van der Waals surface area contributed by atoms with E-state index in [1.807, 2.05) is 12.2 Å². The third kappa shape index (κ3) is 62.1. The second-order valence-corrected chi connectivity index (χ2v) is 20.6. The molecule has 0 aliphatic rings. The van der Waals surface area contributed by atoms with E-state index in [2.05, 4.69) is 154 Å². The lowest BCUT2D eigenvalue weighted by Gasteiger charge is -2.18. The van der Waals surface area contributed by atoms with Crippen molar-refractivity contribution < 1.29 is 28.6 Å². The van der Waals surface area contributed by atoms with Gasteiger partial charge in [0.2, 0.25) is 0 Å². The third-order valence-corrected chi connectivity index (χ3v) is 13.1. The zero-order valence-electron chi connectivity index (χ0n) is 50.4. The second-order valence-electron chi connectivity index (χ2n) is 20.6. The minimum absolute atomic E-state index is 0.126. The van der Waals surface area contributed by atoms with Crippen LogP contribution in [0.25, 0.3) is 0 Å². The van der Waals surface area contributed by atoms with Crippen molar-refractivity contribution in [2.75, 3.05) is 13.2 Å². The summed E-state index contributed by atoms with van der Waals surface area (Å²) in [5.41, 5.74) is 0. The van der Waals surface area contributed by atoms with Gasteiger partial charge in [0.15, 0.2) is 6.10 Å². The molecule has 78 heavy (non-hydrogen) atoms. The van der Waals surface area contributed by atoms with Gasteiger partial charge >= 0.3 is 17.9 Å². The Kier molecular flexibility index (Phi) is 60.9. The summed E-state index contributed by atoms with van der Waals surface area (Å²) in [5, 5.41) is 0. The van der Waals surface area contributed by atoms with Crippen molar-refractivity contribution in [2.45, 2.75) is 277 Å². The maximum absolute atomic E-state index is 12.9. The lowest BCUT2D eigenvalue weighted by molar-refractivity contribution is -0.166. The van der Waals surface area contributed by atoms with Gasteiger partial charge in [-0.3, -0.25) is 14.4 Å². The van der Waals surface area contributed by atoms with Crippen LogP contribution in [-0.4, -0.2) is 37.2 Å². The first-order valence-corrected chi connectivity index (χ1v) is 31.8. The Morgan fingerprint density at radius 3 is 0.859 bits per heavy atom. The molecule has 0 spiro atoms. The zero-order chi connectivity index (χ0) is 56.4. The van der Waals surface area contributed by atoms with Gasteiger partial charge in [-0.15, -0.1) is 0 Å². The first-order valence-electron chi connectivity index (χ1n) is 31.8. The van der Waals surface area contributed by atoms with Crippen LogP contribution in [0.2, 0.25) is 0 Å². The molecule has 0 aromatic heterocycles. The Balaban J connectivity index is 4.47. The Labute approximate surface area is 480 Å². The molecule has 6 heteroatoms. The smallest absolute Gasteiger partial charge is 0.306 e. The fourth-order valence-corrected chi connectivity index (χ4v) is 8.41. The highest BCUT2D eigenvalue weighted by atomic mass is 16.6. The summed E-state index contributed by atoms with van der Waals surface area (Å²) >= 11 is 0. The van der Waals surface area contributed by atoms with Crippen LogP contribution in [0.1, 0.15) is 271 Å². The van der Waals surface area contributed by atoms with Gasteiger partial charge in [-0.25, -0.2) is 0 Å². The average Bonchev–Trinajstić information content (AvgIpc) is 3.44. The van der Waals surface area contributed by atoms with Gasteiger partial charge in [-0.2, -0.15) is 0 Å². The van der Waals surface area contributed by atoms with Crippen molar-refractivity contribution in [3.8, 4) is 0 Å². The van der Waals surface area contributed by atoms with Crippen molar-refractivity contribution in [3.05, 3.63) is 146 Å². The van der Waals surface area contributed by atoms with Crippen LogP contribution >= 0.6 is 0 Å². The molecule has 0 bridgehead atoms. The Morgan fingerprint density at radius 1 is 0.269 bits per heavy atom. The van der Waals surface area contributed by atoms with Crippen LogP contribution in [0, 0.1) is 0 Å². The molecule has 0 saturated heterocycles. The fourth-order valence-electron chi connectivity index (χ4n) is 8.41. The number of hydrogen-bond acceptors (Lipinski definition) is 6. The van der Waals surface area contributed by atoms with E-state index in [0.717, 1.165) is 109 Å². The second kappa shape index (κ2) is 64.8. The van der Waals surface area contributed by atoms with Crippen molar-refractivity contribution >= 4 is 17.9 Å². The van der Waals surface area contributed by atoms with Gasteiger partial charge in [-0.05, 0) is 109 Å². The lowest BCUT2D eigenvalue weighted by atomic mass is 10.0. The standard InChI is InChI=1S/C72H116O6/c1-4-7-10-13-16-19-22-25-27-29-31-33-34-35-36-37-38-39-41-42-44-47-50-53-56-59-62-65-71(74)77-68-69(67-76-70(73)64-61-58-55-52-49-46-24-21-18-15-12-9-6-3)78-72(75)66-63-60-57-54-51-48-45-43-40-32-30-28-26-23-20-17-14-11-8-5-2/h7,9-10,12,16,18-19,21,25,27,31,33,35-36,38-39,42,44,46,49-50,53,55,58,69H,4-6,8,11,13-15,17,20,22-24,26,28-30,32,34,37,40-41,43,45,47-48,51-52,54,56-57,59-68H2,1-3H3/b10-7-,12-9-,19-16-,21-18-,27-25-,33-31-,36-35-,39-38-,44-42-,49-46-,53-50-,58-55-. The van der Waals surface area contributed by atoms with Crippen molar-refractivity contribution in [3.63, 3.8) is 0 Å². The molecule has 1 atom stereocenters. The van der Waals surface area contributed by atoms with Crippen LogP contribution < -0.4 is 0 Å². The summed E-state index contributed by atoms with van der Waals surface area (Å²) in [4.78, 5) is 38.2. The molecule has 0 rings (SSSR count). The molecule has 0 aromatic carbocycles. The van der Waals surface area contributed by atoms with Crippen molar-refractivity contribution in [2.24, 2.45) is 0 Å². The van der Waals surface area contributed by atoms with Gasteiger partial charge < -0.3 is 14.2 Å². The van der Waals surface area contributed by atoms with E-state index in [1.54, 1.807) is 0 Å². The van der Waals surface area contributed by atoms with Gasteiger partial charge in [0, 0.05) is 19.3 Å². The quantitative estimate of drug-likeness (QED) is 0.0261. The number of allylic oxidation sites excluding steroid dienone is 24. The Morgan fingerprint density at radius 2 is 0.526 bits per heavy atom. The molecule has 0 aromatic rings. The first kappa shape index (κ1) is 73.3. The van der Waals surface area contributed by atoms with E-state index >= 15 is 0 Å². The fraction of sp³-hybridized carbons (Fsp3) is 0.625. The van der Waals surface area contributed by atoms with Crippen LogP contribution in [0.5, 0.6) is 0 Å². The van der Waals surface area contributed by atoms with Gasteiger partial charge in [0.1, 0.15) is 13.2 Å². The molecule has 440 valence electrons. The van der Waals surface area contributed by atoms with Crippen molar-refractivity contribution in [1.82, 2.24) is 0 Å². The Bertz CT molecular complexity index is 1710. The molecular formula is C72H116O6. The normalized spacial score (nSPS) is 13.1. The zero-order valence-corrected chi connectivity index (χ0v) is 50.4. The minimum atomic E-state index is -0.830. The summed E-state index contributed by atoms with van der Waals surface area (Å²) in [6.45, 7) is 6.32. The van der Waals surface area contributed by atoms with E-state index in [1.165, 1.54) is 109 Å². The number of hydrogen-bond donors (Lipinski definition) is 0. The predicted molar refractivity (Wildman–Crippen MR) is 339 cm³/mol. The molecule has 0 aliphatic heterocycles. The Hall–Kier alpha value is -4.71. The summed E-state index contributed by atoms with van der Waals surface area (Å²) in [7, 11) is 0. The third-order valence-electron chi connectivity index (χ3n) is 13.1. The number of unbranched alkanes of at least 4 members (excludes halogenated alkanes) is 21. The van der Waals surface area contributed by atoms with E-state index < -0.39 is 6.10 Å². The number of carbonyl (C=O) groups excluding carboxylic acids is 3. The van der Waals surface area contributed by atoms with Crippen LogP contribution in [0.3, 0.4) is 0 Å². The van der Waals surface area contributed by atoms with Gasteiger partial charge in [0.05, 0.1) is 0 Å². The molecule has 0 heterocycles. The average molecular weight is 1080 g/mol. The van der Waals surface area contributed by atoms with E-state index in [9.17, 15) is 14.4 Å². The number of rotatable bonds is 56. The monoisotopic (exact) mass is 1080 g/mol. The summed E-state index contributed by atoms with van der Waals surface area (Å²) < 4.78 is 16.8. The van der Waals surface area contributed by atoms with Gasteiger partial charge in [-0.1, -0.05) is 289 Å². The summed E-state index contributed by atoms with van der Waals surface area (Å²) in [6, 6.07) is 0. The molecular weight excluding hydrogens is 961 g/mol. The minimum Gasteiger partial charge on any atom is -0.462 e. The molecule has 0 N–H and O–H groups in total. The molecule has 0 amide bonds. The topological polar surface area (TPSA) is 78.9 Å². The highest BCUT2D eigenvalue weighted by Crippen LogP contribution is 2.16. The highest BCUT2D eigenvalue weighted by molar-refractivity contribution is 5.71. The van der Waals surface area contributed by atoms with Crippen LogP contribution in [0.4, 0.5) is 0 Å². The number of esters is 3. The first-order chi connectivity index (χ1) is 38.5. The van der Waals surface area contributed by atoms with Crippen LogP contribution in [-0.2, 0) is 28.6 Å². The number of ether oxygens (including phenoxy) is 3. The summed E-state index contributed by atoms with van der Waals surface area (Å²) in [6.07, 6.45) is 93.0. The summed E-state index contributed by atoms with van der Waals surface area (Å²) in [5.74, 6) is -1.05. The molecule has 0 radical (unpaired) electrons. The molecule has 1 unspecified atom stereocenters. The molecule has 0 fully saturated rings. The highest BCUT2D eigenvalue weighted by Gasteiger charge is 2.19. The predicted octanol–water partition coefficient (Wildman–Crippen LogP) is 21.9. The van der Waals surface area contributed by atoms with Crippen LogP contribution in [0.15, 0.2) is 146 Å². The maximum atomic E-state index is 12.9. The largest absolute Gasteiger partial charge is 0.462 e. The number of carbonyl (C=O) groups is 3. The molecule has 0 aliphatic carbocycles. The molecule has 6 nitrogen and oxygen atoms in total. The van der Waals surface area contributed by atoms with E-state index in [0.29, 0.717) is 19.3 Å². The van der Waals surface area contributed by atoms with Crippen molar-refractivity contribution in [1.29, 1.82) is 0 Å².